The molecule has 2 amide bonds. The first-order valence-electron chi connectivity index (χ1n) is 10.2. The summed E-state index contributed by atoms with van der Waals surface area (Å²) in [5.41, 5.74) is 8.07. The van der Waals surface area contributed by atoms with Crippen LogP contribution in [-0.2, 0) is 19.1 Å². The van der Waals surface area contributed by atoms with E-state index < -0.39 is 29.2 Å². The van der Waals surface area contributed by atoms with Crippen molar-refractivity contribution in [2.24, 2.45) is 5.16 Å². The lowest BCUT2D eigenvalue weighted by molar-refractivity contribution is -0.799. The van der Waals surface area contributed by atoms with Gasteiger partial charge in [-0.1, -0.05) is 5.16 Å². The summed E-state index contributed by atoms with van der Waals surface area (Å²) in [6.07, 6.45) is 4.10. The number of hydrogen-bond acceptors (Lipinski definition) is 10. The number of thioether (sulfide) groups is 1. The van der Waals surface area contributed by atoms with Gasteiger partial charge in [0.05, 0.1) is 20.3 Å². The number of carboxylic acid groups (broad SMARTS) is 1. The summed E-state index contributed by atoms with van der Waals surface area (Å²) in [5.74, 6) is -2.15. The molecule has 4 aliphatic rings. The fourth-order valence-electron chi connectivity index (χ4n) is 4.57. The van der Waals surface area contributed by atoms with Crippen LogP contribution >= 0.6 is 23.1 Å². The van der Waals surface area contributed by atoms with Crippen LogP contribution in [0.1, 0.15) is 5.69 Å². The molecular formula is C20H21N6O6S2+. The van der Waals surface area contributed by atoms with Crippen molar-refractivity contribution in [3.05, 3.63) is 45.9 Å². The smallest absolute Gasteiger partial charge is 0.352 e. The SMILES string of the molecule is C[N+]1(CC2=C(C(=O)O)N3C(=O)[C@@H](NC(=O)/C(=N\O)c4csc(N)n4)[C@H]3SC2)C=C2COCC2=C1. The third kappa shape index (κ3) is 3.68. The number of nitrogen functional groups attached to an aromatic ring is 1. The molecule has 1 aromatic rings. The number of carboxylic acids is 1. The molecule has 2 fully saturated rings. The van der Waals surface area contributed by atoms with Crippen LogP contribution in [0, 0.1) is 0 Å². The average Bonchev–Trinajstić information content (AvgIpc) is 3.47. The van der Waals surface area contributed by atoms with Gasteiger partial charge < -0.3 is 26.1 Å². The molecule has 178 valence electrons. The summed E-state index contributed by atoms with van der Waals surface area (Å²) in [4.78, 5) is 42.9. The summed E-state index contributed by atoms with van der Waals surface area (Å²) >= 11 is 2.45. The summed E-state index contributed by atoms with van der Waals surface area (Å²) in [5, 5.41) is 25.8. The van der Waals surface area contributed by atoms with Crippen molar-refractivity contribution in [1.82, 2.24) is 15.2 Å². The number of nitrogens with two attached hydrogens (primary N) is 1. The molecule has 0 aliphatic carbocycles. The van der Waals surface area contributed by atoms with Crippen molar-refractivity contribution in [2.75, 3.05) is 38.3 Å². The third-order valence-electron chi connectivity index (χ3n) is 5.98. The largest absolute Gasteiger partial charge is 0.477 e. The standard InChI is InChI=1S/C20H20N6O6S2/c1-26(2-9-5-32-6-10(9)3-26)4-11-7-33-18-14(17(28)25(18)15(11)19(29)30)23-16(27)13(24-31)12-8-34-20(21)22-12/h2-3,8,14,18H,4-7H2,1H3,(H4-,21,22,23,27,29,30,31)/p+1/t14-,18-/m1/s1. The first-order valence-corrected chi connectivity index (χ1v) is 12.1. The van der Waals surface area contributed by atoms with E-state index in [4.69, 9.17) is 10.5 Å². The molecule has 5 heterocycles. The molecule has 5 rings (SSSR count). The number of aromatic nitrogens is 1. The molecule has 0 radical (unpaired) electrons. The van der Waals surface area contributed by atoms with Crippen molar-refractivity contribution in [1.29, 1.82) is 0 Å². The van der Waals surface area contributed by atoms with Crippen LogP contribution in [-0.4, -0.2) is 92.2 Å². The highest BCUT2D eigenvalue weighted by Gasteiger charge is 2.55. The molecule has 4 aliphatic heterocycles. The van der Waals surface area contributed by atoms with E-state index in [1.165, 1.54) is 22.0 Å². The van der Waals surface area contributed by atoms with Gasteiger partial charge in [-0.15, -0.1) is 23.1 Å². The zero-order valence-corrected chi connectivity index (χ0v) is 19.6. The zero-order chi connectivity index (χ0) is 24.2. The van der Waals surface area contributed by atoms with Crippen LogP contribution in [0.4, 0.5) is 5.13 Å². The number of fused-ring (bicyclic) bond motifs is 2. The number of thiazole rings is 1. The Kier molecular flexibility index (Phi) is 5.47. The van der Waals surface area contributed by atoms with Gasteiger partial charge in [0.25, 0.3) is 11.8 Å². The number of carbonyl (C=O) groups excluding carboxylic acids is 2. The van der Waals surface area contributed by atoms with Crippen molar-refractivity contribution >= 4 is 51.7 Å². The quantitative estimate of drug-likeness (QED) is 0.136. The zero-order valence-electron chi connectivity index (χ0n) is 17.9. The molecule has 0 spiro atoms. The van der Waals surface area contributed by atoms with E-state index in [1.54, 1.807) is 0 Å². The topological polar surface area (TPSA) is 167 Å². The Labute approximate surface area is 201 Å². The highest BCUT2D eigenvalue weighted by Crippen LogP contribution is 2.42. The lowest BCUT2D eigenvalue weighted by Gasteiger charge is -2.49. The van der Waals surface area contributed by atoms with Gasteiger partial charge in [-0.05, 0) is 0 Å². The molecule has 0 saturated carbocycles. The van der Waals surface area contributed by atoms with Gasteiger partial charge in [-0.2, -0.15) is 0 Å². The van der Waals surface area contributed by atoms with Crippen LogP contribution in [0.5, 0.6) is 0 Å². The van der Waals surface area contributed by atoms with Gasteiger partial charge in [0.1, 0.15) is 41.8 Å². The van der Waals surface area contributed by atoms with E-state index in [2.05, 4.69) is 15.5 Å². The highest BCUT2D eigenvalue weighted by atomic mass is 32.2. The second-order valence-corrected chi connectivity index (χ2v) is 10.4. The minimum Gasteiger partial charge on any atom is -0.477 e. The average molecular weight is 506 g/mol. The maximum Gasteiger partial charge on any atom is 0.352 e. The van der Waals surface area contributed by atoms with Gasteiger partial charge >= 0.3 is 5.97 Å². The number of nitrogens with zero attached hydrogens (tertiary/aromatic N) is 4. The Bertz CT molecular complexity index is 1210. The molecule has 2 atom stereocenters. The van der Waals surface area contributed by atoms with E-state index in [1.807, 2.05) is 19.4 Å². The molecule has 12 nitrogen and oxygen atoms in total. The number of nitrogens with one attached hydrogen (secondary N) is 1. The molecule has 0 aromatic carbocycles. The highest BCUT2D eigenvalue weighted by molar-refractivity contribution is 8.00. The number of β-lactam (4-membered cyclic amide) rings is 1. The molecule has 14 heteroatoms. The maximum absolute atomic E-state index is 12.9. The molecular weight excluding hydrogens is 484 g/mol. The number of hydrogen-bond donors (Lipinski definition) is 4. The minimum absolute atomic E-state index is 0.0490. The lowest BCUT2D eigenvalue weighted by Crippen LogP contribution is -2.71. The van der Waals surface area contributed by atoms with Gasteiger partial charge in [-0.3, -0.25) is 19.0 Å². The number of oxime groups is 1. The molecule has 0 bridgehead atoms. The first-order chi connectivity index (χ1) is 16.2. The number of aliphatic carboxylic acids is 1. The summed E-state index contributed by atoms with van der Waals surface area (Å²) < 4.78 is 5.83. The Morgan fingerprint density at radius 3 is 2.68 bits per heavy atom. The summed E-state index contributed by atoms with van der Waals surface area (Å²) in [6, 6.07) is -0.960. The fraction of sp³-hybridized carbons (Fsp3) is 0.350. The molecule has 5 N–H and O–H groups in total. The predicted molar refractivity (Wildman–Crippen MR) is 123 cm³/mol. The summed E-state index contributed by atoms with van der Waals surface area (Å²) in [7, 11) is 1.98. The predicted octanol–water partition coefficient (Wildman–Crippen LogP) is -0.0996. The van der Waals surface area contributed by atoms with E-state index >= 15 is 0 Å². The number of anilines is 1. The Balaban J connectivity index is 1.34. The first kappa shape index (κ1) is 22.6. The second kappa shape index (κ2) is 8.23. The Morgan fingerprint density at radius 1 is 1.38 bits per heavy atom. The van der Waals surface area contributed by atoms with E-state index in [0.717, 1.165) is 22.5 Å². The monoisotopic (exact) mass is 505 g/mol. The number of likely N-dealkylation sites (N-methyl/N-ethyl adjacent to an activating group) is 1. The summed E-state index contributed by atoms with van der Waals surface area (Å²) in [6.45, 7) is 1.49. The molecule has 34 heavy (non-hydrogen) atoms. The number of quaternary nitrogens is 1. The van der Waals surface area contributed by atoms with E-state index in [0.29, 0.717) is 35.6 Å². The lowest BCUT2D eigenvalue weighted by atomic mass is 10.0. The number of rotatable bonds is 6. The van der Waals surface area contributed by atoms with Crippen LogP contribution in [0.25, 0.3) is 0 Å². The molecule has 1 aromatic heterocycles. The van der Waals surface area contributed by atoms with E-state index in [9.17, 15) is 24.7 Å². The van der Waals surface area contributed by atoms with Gasteiger partial charge in [-0.25, -0.2) is 9.78 Å². The van der Waals surface area contributed by atoms with Gasteiger partial charge in [0, 0.05) is 27.9 Å². The van der Waals surface area contributed by atoms with Crippen LogP contribution < -0.4 is 11.1 Å². The van der Waals surface area contributed by atoms with Gasteiger partial charge in [0.15, 0.2) is 10.8 Å². The number of ether oxygens (including phenoxy) is 1. The third-order valence-corrected chi connectivity index (χ3v) is 7.99. The van der Waals surface area contributed by atoms with Gasteiger partial charge in [0.2, 0.25) is 0 Å². The van der Waals surface area contributed by atoms with Crippen LogP contribution in [0.3, 0.4) is 0 Å². The Hall–Kier alpha value is -3.20. The van der Waals surface area contributed by atoms with Crippen molar-refractivity contribution < 1.29 is 33.9 Å². The van der Waals surface area contributed by atoms with Crippen LogP contribution in [0.2, 0.25) is 0 Å². The normalized spacial score (nSPS) is 25.4. The second-order valence-electron chi connectivity index (χ2n) is 8.44. The maximum atomic E-state index is 12.9. The van der Waals surface area contributed by atoms with Crippen molar-refractivity contribution in [3.63, 3.8) is 0 Å². The van der Waals surface area contributed by atoms with Crippen LogP contribution in [0.15, 0.2) is 45.4 Å². The van der Waals surface area contributed by atoms with Crippen molar-refractivity contribution in [3.8, 4) is 0 Å². The van der Waals surface area contributed by atoms with E-state index in [-0.39, 0.29) is 22.2 Å². The molecule has 0 unspecified atom stereocenters. The van der Waals surface area contributed by atoms with Crippen molar-refractivity contribution in [2.45, 2.75) is 11.4 Å². The number of carbonyl (C=O) groups is 3. The minimum atomic E-state index is -1.19. The number of amides is 2. The fourth-order valence-corrected chi connectivity index (χ4v) is 6.46. The molecule has 2 saturated heterocycles. The Morgan fingerprint density at radius 2 is 2.09 bits per heavy atom.